The quantitative estimate of drug-likeness (QED) is 0.167. The number of nitrogen functional groups attached to an aromatic ring is 1. The fourth-order valence-corrected chi connectivity index (χ4v) is 5.72. The molecular weight excluding hydrogens is 620 g/mol. The molecule has 187 valence electrons. The first-order valence-electron chi connectivity index (χ1n) is 10.5. The van der Waals surface area contributed by atoms with E-state index in [-0.39, 0.29) is 44.2 Å². The smallest absolute Gasteiger partial charge is 0.337 e. The topological polar surface area (TPSA) is 118 Å². The Kier molecular flexibility index (Phi) is 13.6. The van der Waals surface area contributed by atoms with Gasteiger partial charge in [0.05, 0.1) is 5.56 Å². The summed E-state index contributed by atoms with van der Waals surface area (Å²) in [5, 5.41) is 18.7. The number of carbonyl (C=O) groups is 2. The van der Waals surface area contributed by atoms with E-state index in [2.05, 4.69) is 6.58 Å². The number of carboxylic acids is 2. The maximum atomic E-state index is 13.8. The normalized spacial score (nSPS) is 9.67. The minimum atomic E-state index is -2.78. The predicted molar refractivity (Wildman–Crippen MR) is 141 cm³/mol. The molecule has 4 aromatic rings. The van der Waals surface area contributed by atoms with Gasteiger partial charge >= 0.3 is 11.9 Å². The fraction of sp³-hybridized carbons (Fsp3) is 0. The summed E-state index contributed by atoms with van der Waals surface area (Å²) in [6.07, 6.45) is 0.833. The van der Waals surface area contributed by atoms with Crippen LogP contribution in [0.3, 0.4) is 0 Å². The van der Waals surface area contributed by atoms with E-state index in [9.17, 15) is 14.2 Å². The Balaban J connectivity index is 0.000000340. The molecule has 36 heavy (non-hydrogen) atoms. The van der Waals surface area contributed by atoms with E-state index in [1.54, 1.807) is 18.2 Å². The molecule has 0 aliphatic carbocycles. The number of para-hydroxylation sites is 1. The Labute approximate surface area is 241 Å². The molecule has 0 amide bonds. The summed E-state index contributed by atoms with van der Waals surface area (Å²) in [5.74, 6) is -1.97. The second-order valence-electron chi connectivity index (χ2n) is 7.05. The molecule has 0 unspecified atom stereocenters. The number of carboxylic acid groups (broad SMARTS) is 2. The van der Waals surface area contributed by atoms with Crippen molar-refractivity contribution in [1.82, 2.24) is 0 Å². The van der Waals surface area contributed by atoms with E-state index >= 15 is 0 Å². The molecule has 0 aliphatic rings. The Bertz CT molecular complexity index is 1200. The average Bonchev–Trinajstić information content (AvgIpc) is 2.90. The van der Waals surface area contributed by atoms with Crippen LogP contribution in [0.1, 0.15) is 10.4 Å². The van der Waals surface area contributed by atoms with Gasteiger partial charge in [-0.05, 0) is 12.1 Å². The molecule has 0 bridgehead atoms. The average molecular weight is 646 g/mol. The number of nitrogens with two attached hydrogens (primary N) is 1. The first kappa shape index (κ1) is 30.9. The van der Waals surface area contributed by atoms with E-state index in [0.717, 1.165) is 22.0 Å². The van der Waals surface area contributed by atoms with Crippen LogP contribution in [0.25, 0.3) is 0 Å². The summed E-state index contributed by atoms with van der Waals surface area (Å²) in [6.45, 7) is 2.96. The molecule has 0 fully saturated rings. The Morgan fingerprint density at radius 2 is 0.972 bits per heavy atom. The summed E-state index contributed by atoms with van der Waals surface area (Å²) in [4.78, 5) is 19.6. The number of rotatable bonds is 5. The Morgan fingerprint density at radius 1 is 0.667 bits per heavy atom. The SMILES string of the molecule is C=CC(=O)O.Nc1ccccc1C(=O)O.O=P(c1ccccc1)(c1ccccc1)c1ccccc1.[Tb]. The van der Waals surface area contributed by atoms with Crippen LogP contribution in [0.5, 0.6) is 0 Å². The van der Waals surface area contributed by atoms with E-state index in [1.165, 1.54) is 6.07 Å². The summed E-state index contributed by atoms with van der Waals surface area (Å²) >= 11 is 0. The molecule has 0 saturated heterocycles. The summed E-state index contributed by atoms with van der Waals surface area (Å²) in [6, 6.07) is 35.5. The molecule has 0 saturated carbocycles. The molecule has 0 atom stereocenters. The van der Waals surface area contributed by atoms with Crippen LogP contribution in [-0.4, -0.2) is 22.2 Å². The molecule has 4 aromatic carbocycles. The van der Waals surface area contributed by atoms with Crippen LogP contribution in [0.2, 0.25) is 0 Å². The van der Waals surface area contributed by atoms with Crippen molar-refractivity contribution in [1.29, 1.82) is 0 Å². The first-order chi connectivity index (χ1) is 16.8. The van der Waals surface area contributed by atoms with Gasteiger partial charge < -0.3 is 20.5 Å². The summed E-state index contributed by atoms with van der Waals surface area (Å²) in [7, 11) is -2.78. The molecule has 4 rings (SSSR count). The van der Waals surface area contributed by atoms with Crippen molar-refractivity contribution < 1.29 is 63.0 Å². The summed E-state index contributed by atoms with van der Waals surface area (Å²) < 4.78 is 13.8. The van der Waals surface area contributed by atoms with Crippen molar-refractivity contribution in [2.45, 2.75) is 0 Å². The van der Waals surface area contributed by atoms with Crippen LogP contribution in [0, 0.1) is 38.6 Å². The van der Waals surface area contributed by atoms with Gasteiger partial charge in [0.25, 0.3) is 0 Å². The van der Waals surface area contributed by atoms with Gasteiger partial charge in [-0.15, -0.1) is 0 Å². The minimum Gasteiger partial charge on any atom is -0.478 e. The van der Waals surface area contributed by atoms with Gasteiger partial charge in [0.15, 0.2) is 7.14 Å². The second-order valence-corrected chi connectivity index (χ2v) is 9.82. The monoisotopic (exact) mass is 646 g/mol. The molecule has 4 N–H and O–H groups in total. The summed E-state index contributed by atoms with van der Waals surface area (Å²) in [5.41, 5.74) is 5.80. The molecule has 1 radical (unpaired) electrons. The number of hydrogen-bond donors (Lipinski definition) is 3. The maximum absolute atomic E-state index is 13.8. The Morgan fingerprint density at radius 3 is 1.22 bits per heavy atom. The van der Waals surface area contributed by atoms with Crippen molar-refractivity contribution in [3.05, 3.63) is 133 Å². The molecule has 0 aromatic heterocycles. The molecule has 0 spiro atoms. The molecule has 0 aliphatic heterocycles. The van der Waals surface area contributed by atoms with Gasteiger partial charge in [-0.2, -0.15) is 0 Å². The van der Waals surface area contributed by atoms with Crippen LogP contribution in [0.4, 0.5) is 5.69 Å². The van der Waals surface area contributed by atoms with Gasteiger partial charge in [0.2, 0.25) is 0 Å². The van der Waals surface area contributed by atoms with Crippen molar-refractivity contribution in [2.75, 3.05) is 5.73 Å². The van der Waals surface area contributed by atoms with E-state index in [1.807, 2.05) is 91.0 Å². The first-order valence-corrected chi connectivity index (χ1v) is 12.2. The van der Waals surface area contributed by atoms with Gasteiger partial charge in [-0.3, -0.25) is 0 Å². The van der Waals surface area contributed by atoms with Crippen molar-refractivity contribution in [2.24, 2.45) is 0 Å². The van der Waals surface area contributed by atoms with Crippen LogP contribution < -0.4 is 21.6 Å². The van der Waals surface area contributed by atoms with E-state index in [4.69, 9.17) is 15.9 Å². The van der Waals surface area contributed by atoms with Crippen LogP contribution in [0.15, 0.2) is 128 Å². The molecular formula is C28H26NO5PTb. The van der Waals surface area contributed by atoms with Gasteiger partial charge in [-0.25, -0.2) is 9.59 Å². The van der Waals surface area contributed by atoms with E-state index < -0.39 is 19.1 Å². The van der Waals surface area contributed by atoms with Crippen molar-refractivity contribution in [3.63, 3.8) is 0 Å². The zero-order chi connectivity index (χ0) is 25.7. The van der Waals surface area contributed by atoms with Gasteiger partial charge in [0.1, 0.15) is 0 Å². The zero-order valence-electron chi connectivity index (χ0n) is 19.2. The van der Waals surface area contributed by atoms with E-state index in [0.29, 0.717) is 5.69 Å². The van der Waals surface area contributed by atoms with Crippen molar-refractivity contribution >= 4 is 40.7 Å². The standard InChI is InChI=1S/C18H15OP.C7H7NO2.C3H4O2.Tb/c19-20(16-10-4-1-5-11-16,17-12-6-2-7-13-17)18-14-8-3-9-15-18;8-6-4-2-1-3-5(6)7(9)10;1-2-3(4)5;/h1-15H;1-4H,8H2,(H,9,10);2H,1H2,(H,4,5);. The number of benzene rings is 4. The van der Waals surface area contributed by atoms with Crippen molar-refractivity contribution in [3.8, 4) is 0 Å². The molecule has 6 nitrogen and oxygen atoms in total. The largest absolute Gasteiger partial charge is 0.478 e. The van der Waals surface area contributed by atoms with Crippen LogP contribution in [-0.2, 0) is 9.36 Å². The second kappa shape index (κ2) is 15.8. The molecule has 8 heteroatoms. The fourth-order valence-electron chi connectivity index (χ4n) is 3.05. The predicted octanol–water partition coefficient (Wildman–Crippen LogP) is 4.55. The van der Waals surface area contributed by atoms with Crippen LogP contribution >= 0.6 is 7.14 Å². The maximum Gasteiger partial charge on any atom is 0.337 e. The molecule has 0 heterocycles. The Hall–Kier alpha value is -3.12. The van der Waals surface area contributed by atoms with Gasteiger partial charge in [-0.1, -0.05) is 110 Å². The number of hydrogen-bond acceptors (Lipinski definition) is 4. The zero-order valence-corrected chi connectivity index (χ0v) is 22.3. The third-order valence-electron chi connectivity index (χ3n) is 4.73. The number of anilines is 1. The van der Waals surface area contributed by atoms with Gasteiger partial charge in [0, 0.05) is 66.3 Å². The number of aromatic carboxylic acids is 1. The number of aliphatic carboxylic acids is 1. The minimum absolute atomic E-state index is 0. The third-order valence-corrected chi connectivity index (χ3v) is 7.80. The third kappa shape index (κ3) is 8.83.